The quantitative estimate of drug-likeness (QED) is 0.246. The molecule has 0 aliphatic heterocycles. The molecule has 7 heteroatoms. The van der Waals surface area contributed by atoms with Crippen LogP contribution in [-0.2, 0) is 4.57 Å². The first kappa shape index (κ1) is 27.5. The van der Waals surface area contributed by atoms with E-state index >= 15 is 0 Å². The van der Waals surface area contributed by atoms with Crippen LogP contribution in [0.25, 0.3) is 0 Å². The van der Waals surface area contributed by atoms with Crippen molar-refractivity contribution in [3.8, 4) is 0 Å². The van der Waals surface area contributed by atoms with E-state index in [9.17, 15) is 0 Å². The van der Waals surface area contributed by atoms with Crippen LogP contribution in [0.2, 0.25) is 0 Å². The van der Waals surface area contributed by atoms with E-state index in [1.165, 1.54) is 70.6 Å². The molecule has 4 N–H and O–H groups in total. The van der Waals surface area contributed by atoms with Crippen molar-refractivity contribution >= 4 is 59.2 Å². The fourth-order valence-corrected chi connectivity index (χ4v) is 1.95. The maximum atomic E-state index is 8.88. The third-order valence-corrected chi connectivity index (χ3v) is 3.01. The molecule has 0 heterocycles. The molecule has 0 radical (unpaired) electrons. The van der Waals surface area contributed by atoms with Gasteiger partial charge in [0.1, 0.15) is 0 Å². The normalized spacial score (nSPS) is 10.5. The number of hydrogen-bond acceptors (Lipinski definition) is 2. The second kappa shape index (κ2) is 21.7. The number of aliphatic hydroxyl groups excluding tert-OH is 1. The Labute approximate surface area is 172 Å². The first-order chi connectivity index (χ1) is 9.41. The van der Waals surface area contributed by atoms with Crippen LogP contribution >= 0.6 is 7.82 Å². The number of hydrogen-bond donors (Lipinski definition) is 4. The van der Waals surface area contributed by atoms with Gasteiger partial charge in [-0.15, -0.1) is 0 Å². The SMILES string of the molecule is CCCCCCCCCCCCCCO.O=P(O)(O)O.[KH]. The Morgan fingerprint density at radius 3 is 1.14 bits per heavy atom. The zero-order valence-electron chi connectivity index (χ0n) is 12.8. The predicted octanol–water partition coefficient (Wildman–Crippen LogP) is 3.10. The van der Waals surface area contributed by atoms with Crippen molar-refractivity contribution in [2.75, 3.05) is 6.61 Å². The van der Waals surface area contributed by atoms with Gasteiger partial charge in [0.05, 0.1) is 0 Å². The van der Waals surface area contributed by atoms with E-state index in [1.807, 2.05) is 0 Å². The van der Waals surface area contributed by atoms with Crippen LogP contribution in [0.15, 0.2) is 0 Å². The number of unbranched alkanes of at least 4 members (excludes halogenated alkanes) is 11. The number of aliphatic hydroxyl groups is 1. The van der Waals surface area contributed by atoms with Crippen LogP contribution in [0.1, 0.15) is 84.0 Å². The topological polar surface area (TPSA) is 98.0 Å². The van der Waals surface area contributed by atoms with Crippen molar-refractivity contribution in [2.24, 2.45) is 0 Å². The van der Waals surface area contributed by atoms with Crippen LogP contribution in [0.5, 0.6) is 0 Å². The van der Waals surface area contributed by atoms with Crippen molar-refractivity contribution in [1.29, 1.82) is 0 Å². The summed E-state index contributed by atoms with van der Waals surface area (Å²) in [6.07, 6.45) is 16.2. The Balaban J connectivity index is -0.000000465. The monoisotopic (exact) mass is 352 g/mol. The zero-order valence-corrected chi connectivity index (χ0v) is 13.7. The van der Waals surface area contributed by atoms with Gasteiger partial charge in [0, 0.05) is 6.61 Å². The second-order valence-electron chi connectivity index (χ2n) is 5.13. The summed E-state index contributed by atoms with van der Waals surface area (Å²) in [5.41, 5.74) is 0. The van der Waals surface area contributed by atoms with Gasteiger partial charge in [-0.25, -0.2) is 4.57 Å². The summed E-state index contributed by atoms with van der Waals surface area (Å²) >= 11 is 0. The first-order valence-corrected chi connectivity index (χ1v) is 9.37. The van der Waals surface area contributed by atoms with Gasteiger partial charge in [-0.2, -0.15) is 0 Å². The van der Waals surface area contributed by atoms with Crippen molar-refractivity contribution in [2.45, 2.75) is 84.0 Å². The van der Waals surface area contributed by atoms with Crippen LogP contribution in [0, 0.1) is 0 Å². The molecule has 0 aromatic carbocycles. The van der Waals surface area contributed by atoms with E-state index in [2.05, 4.69) is 6.92 Å². The van der Waals surface area contributed by atoms with Gasteiger partial charge < -0.3 is 19.8 Å². The first-order valence-electron chi connectivity index (χ1n) is 7.81. The van der Waals surface area contributed by atoms with Crippen molar-refractivity contribution in [1.82, 2.24) is 0 Å². The molecule has 0 rings (SSSR count). The van der Waals surface area contributed by atoms with Crippen LogP contribution in [0.3, 0.4) is 0 Å². The molecule has 0 amide bonds. The Hall–Kier alpha value is 1.71. The second-order valence-corrected chi connectivity index (χ2v) is 6.15. The van der Waals surface area contributed by atoms with Gasteiger partial charge in [-0.1, -0.05) is 77.6 Å². The third-order valence-electron chi connectivity index (χ3n) is 3.01. The maximum absolute atomic E-state index is 8.88. The molecule has 21 heavy (non-hydrogen) atoms. The average Bonchev–Trinajstić information content (AvgIpc) is 2.34. The molecule has 0 saturated carbocycles. The van der Waals surface area contributed by atoms with E-state index < -0.39 is 7.82 Å². The molecule has 0 bridgehead atoms. The number of phosphoric acid groups is 1. The molecule has 5 nitrogen and oxygen atoms in total. The van der Waals surface area contributed by atoms with Gasteiger partial charge in [0.25, 0.3) is 0 Å². The van der Waals surface area contributed by atoms with Gasteiger partial charge >= 0.3 is 59.2 Å². The fraction of sp³-hybridized carbons (Fsp3) is 1.00. The molecule has 0 aliphatic rings. The molecule has 0 fully saturated rings. The van der Waals surface area contributed by atoms with Crippen molar-refractivity contribution in [3.05, 3.63) is 0 Å². The summed E-state index contributed by atoms with van der Waals surface area (Å²) in [4.78, 5) is 21.6. The Morgan fingerprint density at radius 2 is 0.905 bits per heavy atom. The van der Waals surface area contributed by atoms with Crippen LogP contribution < -0.4 is 0 Å². The van der Waals surface area contributed by atoms with Gasteiger partial charge in [-0.3, -0.25) is 0 Å². The summed E-state index contributed by atoms with van der Waals surface area (Å²) < 4.78 is 8.88. The van der Waals surface area contributed by atoms with Crippen molar-refractivity contribution in [3.63, 3.8) is 0 Å². The summed E-state index contributed by atoms with van der Waals surface area (Å²) in [6.45, 7) is 2.64. The molecule has 0 saturated heterocycles. The minimum absolute atomic E-state index is 0. The molecule has 0 aromatic heterocycles. The van der Waals surface area contributed by atoms with E-state index in [0.717, 1.165) is 6.42 Å². The summed E-state index contributed by atoms with van der Waals surface area (Å²) in [5, 5.41) is 8.61. The van der Waals surface area contributed by atoms with Crippen LogP contribution in [0.4, 0.5) is 0 Å². The van der Waals surface area contributed by atoms with E-state index in [-0.39, 0.29) is 51.4 Å². The van der Waals surface area contributed by atoms with Crippen LogP contribution in [-0.4, -0.2) is 77.8 Å². The molecule has 0 spiro atoms. The predicted molar refractivity (Wildman–Crippen MR) is 89.6 cm³/mol. The number of rotatable bonds is 12. The molecule has 0 aromatic rings. The van der Waals surface area contributed by atoms with Gasteiger partial charge in [-0.05, 0) is 6.42 Å². The Morgan fingerprint density at radius 1 is 0.667 bits per heavy atom. The fourth-order valence-electron chi connectivity index (χ4n) is 1.95. The molecule has 0 unspecified atom stereocenters. The Bertz CT molecular complexity index is 203. The van der Waals surface area contributed by atoms with Gasteiger partial charge in [0.15, 0.2) is 0 Å². The molecule has 0 atom stereocenters. The zero-order chi connectivity index (χ0) is 15.7. The Kier molecular flexibility index (Phi) is 28.5. The average molecular weight is 352 g/mol. The van der Waals surface area contributed by atoms with E-state index in [4.69, 9.17) is 24.4 Å². The molecular weight excluding hydrogens is 318 g/mol. The van der Waals surface area contributed by atoms with E-state index in [0.29, 0.717) is 6.61 Å². The minimum atomic E-state index is -4.64. The summed E-state index contributed by atoms with van der Waals surface area (Å²) in [6, 6.07) is 0. The van der Waals surface area contributed by atoms with Gasteiger partial charge in [0.2, 0.25) is 0 Å². The summed E-state index contributed by atoms with van der Waals surface area (Å²) in [7, 11) is -4.64. The standard InChI is InChI=1S/C14H30O.K.H3O4P.H/c1-2-3-4-5-6-7-8-9-10-11-12-13-14-15;;1-5(2,3)4;/h15H,2-14H2,1H3;;(H3,1,2,3,4);. The summed E-state index contributed by atoms with van der Waals surface area (Å²) in [5.74, 6) is 0. The molecule has 0 aliphatic carbocycles. The molecule has 126 valence electrons. The molecular formula is C14H34KO5P. The van der Waals surface area contributed by atoms with Crippen molar-refractivity contribution < 1.29 is 24.4 Å². The third kappa shape index (κ3) is 44.9. The van der Waals surface area contributed by atoms with E-state index in [1.54, 1.807) is 0 Å².